The van der Waals surface area contributed by atoms with Crippen LogP contribution >= 0.6 is 0 Å². The van der Waals surface area contributed by atoms with Crippen molar-refractivity contribution in [3.63, 3.8) is 0 Å². The Balaban J connectivity index is 1.40. The molecule has 0 unspecified atom stereocenters. The topological polar surface area (TPSA) is 84.4 Å². The molecule has 3 aliphatic rings. The number of amides is 1. The maximum atomic E-state index is 12.7. The van der Waals surface area contributed by atoms with Crippen LogP contribution in [0.25, 0.3) is 0 Å². The zero-order chi connectivity index (χ0) is 18.3. The van der Waals surface area contributed by atoms with Gasteiger partial charge in [0.25, 0.3) is 0 Å². The Hall–Kier alpha value is -2.02. The summed E-state index contributed by atoms with van der Waals surface area (Å²) in [5, 5.41) is 3.42. The van der Waals surface area contributed by atoms with Crippen LogP contribution in [-0.2, 0) is 27.3 Å². The van der Waals surface area contributed by atoms with Gasteiger partial charge in [-0.15, -0.1) is 0 Å². The number of hydrogen-bond acceptors (Lipinski definition) is 6. The quantitative estimate of drug-likeness (QED) is 0.825. The summed E-state index contributed by atoms with van der Waals surface area (Å²) in [6.07, 6.45) is 5.67. The second kappa shape index (κ2) is 6.61. The van der Waals surface area contributed by atoms with E-state index < -0.39 is 5.60 Å². The van der Waals surface area contributed by atoms with Crippen LogP contribution in [-0.4, -0.2) is 45.4 Å². The lowest BCUT2D eigenvalue weighted by Crippen LogP contribution is -2.38. The van der Waals surface area contributed by atoms with E-state index in [-0.39, 0.29) is 30.3 Å². The predicted octanol–water partition coefficient (Wildman–Crippen LogP) is 1.52. The van der Waals surface area contributed by atoms with Gasteiger partial charge in [-0.25, -0.2) is 9.97 Å². The maximum Gasteiger partial charge on any atom is 0.310 e. The fourth-order valence-electron chi connectivity index (χ4n) is 4.19. The first-order chi connectivity index (χ1) is 12.4. The molecule has 2 saturated heterocycles. The molecule has 2 atom stereocenters. The fraction of sp³-hybridized carbons (Fsp3) is 0.684. The maximum absolute atomic E-state index is 12.7. The van der Waals surface area contributed by atoms with E-state index in [0.717, 1.165) is 42.9 Å². The van der Waals surface area contributed by atoms with Crippen LogP contribution in [0.1, 0.15) is 62.7 Å². The van der Waals surface area contributed by atoms with Crippen LogP contribution < -0.4 is 5.32 Å². The van der Waals surface area contributed by atoms with Gasteiger partial charge in [0, 0.05) is 44.1 Å². The van der Waals surface area contributed by atoms with Crippen molar-refractivity contribution in [3.05, 3.63) is 23.3 Å². The predicted molar refractivity (Wildman–Crippen MR) is 94.0 cm³/mol. The van der Waals surface area contributed by atoms with Crippen LogP contribution in [0.2, 0.25) is 0 Å². The molecule has 0 radical (unpaired) electrons. The van der Waals surface area contributed by atoms with Crippen LogP contribution in [0.4, 0.5) is 0 Å². The molecule has 7 heteroatoms. The van der Waals surface area contributed by atoms with Crippen molar-refractivity contribution in [2.75, 3.05) is 13.1 Å². The van der Waals surface area contributed by atoms with Gasteiger partial charge < -0.3 is 15.0 Å². The lowest BCUT2D eigenvalue weighted by Gasteiger charge is -2.29. The normalized spacial score (nSPS) is 27.3. The summed E-state index contributed by atoms with van der Waals surface area (Å²) >= 11 is 0. The Labute approximate surface area is 153 Å². The molecule has 1 aromatic rings. The van der Waals surface area contributed by atoms with Gasteiger partial charge >= 0.3 is 5.97 Å². The third-order valence-electron chi connectivity index (χ3n) is 5.55. The molecule has 0 saturated carbocycles. The standard InChI is InChI=1S/C19H26N4O3/c1-19(2)9-12(18(25)26-19)8-16(24)23-7-5-14-13(11-23)10-21-17(22-14)15-4-3-6-20-15/h10,12,15,20H,3-9,11H2,1-2H3/t12-,15+/m0/s1. The first kappa shape index (κ1) is 17.4. The number of ether oxygens (including phenoxy) is 1. The molecule has 26 heavy (non-hydrogen) atoms. The van der Waals surface area contributed by atoms with E-state index in [9.17, 15) is 9.59 Å². The van der Waals surface area contributed by atoms with Crippen molar-refractivity contribution in [3.8, 4) is 0 Å². The molecule has 0 bridgehead atoms. The largest absolute Gasteiger partial charge is 0.459 e. The van der Waals surface area contributed by atoms with Gasteiger partial charge in [-0.1, -0.05) is 0 Å². The average molecular weight is 358 g/mol. The highest BCUT2D eigenvalue weighted by Gasteiger charge is 2.41. The van der Waals surface area contributed by atoms with E-state index in [2.05, 4.69) is 10.3 Å². The lowest BCUT2D eigenvalue weighted by molar-refractivity contribution is -0.150. The molecule has 3 aliphatic heterocycles. The second-order valence-corrected chi connectivity index (χ2v) is 8.20. The van der Waals surface area contributed by atoms with Crippen molar-refractivity contribution in [1.29, 1.82) is 0 Å². The number of cyclic esters (lactones) is 1. The van der Waals surface area contributed by atoms with Crippen molar-refractivity contribution in [2.45, 2.75) is 64.1 Å². The van der Waals surface area contributed by atoms with E-state index in [1.807, 2.05) is 24.9 Å². The first-order valence-corrected chi connectivity index (χ1v) is 9.50. The Bertz CT molecular complexity index is 727. The molecule has 0 spiro atoms. The van der Waals surface area contributed by atoms with Crippen molar-refractivity contribution < 1.29 is 14.3 Å². The Morgan fingerprint density at radius 1 is 1.46 bits per heavy atom. The van der Waals surface area contributed by atoms with Crippen LogP contribution in [0, 0.1) is 5.92 Å². The number of hydrogen-bond donors (Lipinski definition) is 1. The van der Waals surface area contributed by atoms with Gasteiger partial charge in [-0.3, -0.25) is 9.59 Å². The minimum Gasteiger partial charge on any atom is -0.459 e. The van der Waals surface area contributed by atoms with Gasteiger partial charge in [0.15, 0.2) is 0 Å². The summed E-state index contributed by atoms with van der Waals surface area (Å²) in [7, 11) is 0. The monoisotopic (exact) mass is 358 g/mol. The van der Waals surface area contributed by atoms with Gasteiger partial charge in [0.05, 0.1) is 17.7 Å². The zero-order valence-electron chi connectivity index (χ0n) is 15.5. The highest BCUT2D eigenvalue weighted by molar-refractivity contribution is 5.84. The van der Waals surface area contributed by atoms with Crippen LogP contribution in [0.5, 0.6) is 0 Å². The van der Waals surface area contributed by atoms with Crippen LogP contribution in [0.3, 0.4) is 0 Å². The van der Waals surface area contributed by atoms with Gasteiger partial charge in [0.1, 0.15) is 11.4 Å². The number of rotatable bonds is 3. The van der Waals surface area contributed by atoms with Gasteiger partial charge in [-0.05, 0) is 33.2 Å². The molecule has 2 fully saturated rings. The first-order valence-electron chi connectivity index (χ1n) is 9.50. The molecule has 7 nitrogen and oxygen atoms in total. The van der Waals surface area contributed by atoms with Crippen molar-refractivity contribution in [1.82, 2.24) is 20.2 Å². The molecule has 0 aromatic carbocycles. The SMILES string of the molecule is CC1(C)C[C@H](CC(=O)N2CCc3nc([C@H]4CCCN4)ncc3C2)C(=O)O1. The summed E-state index contributed by atoms with van der Waals surface area (Å²) in [4.78, 5) is 35.7. The summed E-state index contributed by atoms with van der Waals surface area (Å²) in [5.41, 5.74) is 1.60. The molecule has 1 amide bonds. The number of fused-ring (bicyclic) bond motifs is 1. The summed E-state index contributed by atoms with van der Waals surface area (Å²) in [6.45, 7) is 5.97. The Morgan fingerprint density at radius 2 is 2.31 bits per heavy atom. The molecule has 140 valence electrons. The van der Waals surface area contributed by atoms with E-state index in [4.69, 9.17) is 9.72 Å². The Morgan fingerprint density at radius 3 is 3.00 bits per heavy atom. The summed E-state index contributed by atoms with van der Waals surface area (Å²) in [6, 6.07) is 0.261. The molecule has 4 rings (SSSR count). The minimum atomic E-state index is -0.463. The van der Waals surface area contributed by atoms with Crippen molar-refractivity contribution >= 4 is 11.9 Å². The summed E-state index contributed by atoms with van der Waals surface area (Å²) in [5.74, 6) is 0.303. The van der Waals surface area contributed by atoms with Gasteiger partial charge in [0.2, 0.25) is 5.91 Å². The highest BCUT2D eigenvalue weighted by Crippen LogP contribution is 2.33. The lowest BCUT2D eigenvalue weighted by atomic mass is 9.94. The molecular formula is C19H26N4O3. The molecule has 4 heterocycles. The van der Waals surface area contributed by atoms with Gasteiger partial charge in [-0.2, -0.15) is 0 Å². The molecule has 0 aliphatic carbocycles. The number of nitrogens with one attached hydrogen (secondary N) is 1. The minimum absolute atomic E-state index is 0.0110. The zero-order valence-corrected chi connectivity index (χ0v) is 15.5. The molecule has 1 N–H and O–H groups in total. The number of esters is 1. The number of carbonyl (C=O) groups excluding carboxylic acids is 2. The number of carbonyl (C=O) groups is 2. The Kier molecular flexibility index (Phi) is 4.42. The summed E-state index contributed by atoms with van der Waals surface area (Å²) < 4.78 is 5.33. The molecule has 1 aromatic heterocycles. The van der Waals surface area contributed by atoms with E-state index >= 15 is 0 Å². The fourth-order valence-corrected chi connectivity index (χ4v) is 4.19. The third-order valence-corrected chi connectivity index (χ3v) is 5.55. The van der Waals surface area contributed by atoms with E-state index in [1.165, 1.54) is 0 Å². The van der Waals surface area contributed by atoms with E-state index in [0.29, 0.717) is 19.5 Å². The highest BCUT2D eigenvalue weighted by atomic mass is 16.6. The van der Waals surface area contributed by atoms with Crippen molar-refractivity contribution in [2.24, 2.45) is 5.92 Å². The van der Waals surface area contributed by atoms with Crippen LogP contribution in [0.15, 0.2) is 6.20 Å². The number of aromatic nitrogens is 2. The number of nitrogens with zero attached hydrogens (tertiary/aromatic N) is 3. The second-order valence-electron chi connectivity index (χ2n) is 8.20. The molecular weight excluding hydrogens is 332 g/mol. The van der Waals surface area contributed by atoms with E-state index in [1.54, 1.807) is 0 Å². The smallest absolute Gasteiger partial charge is 0.310 e. The third kappa shape index (κ3) is 3.45. The average Bonchev–Trinajstić information content (AvgIpc) is 3.22.